The molecular formula is C12H8N2O4. The van der Waals surface area contributed by atoms with Gasteiger partial charge >= 0.3 is 5.97 Å². The van der Waals surface area contributed by atoms with Crippen LogP contribution in [0.15, 0.2) is 18.2 Å². The largest absolute Gasteiger partial charge is 0.465 e. The highest BCUT2D eigenvalue weighted by molar-refractivity contribution is 5.93. The molecule has 0 aliphatic carbocycles. The smallest absolute Gasteiger partial charge is 0.339 e. The van der Waals surface area contributed by atoms with Crippen molar-refractivity contribution in [3.05, 3.63) is 39.4 Å². The zero-order chi connectivity index (χ0) is 13.5. The quantitative estimate of drug-likeness (QED) is 0.341. The molecular weight excluding hydrogens is 236 g/mol. The van der Waals surface area contributed by atoms with E-state index in [1.165, 1.54) is 19.2 Å². The van der Waals surface area contributed by atoms with Gasteiger partial charge in [-0.05, 0) is 6.07 Å². The third-order valence-corrected chi connectivity index (χ3v) is 2.01. The van der Waals surface area contributed by atoms with Gasteiger partial charge in [-0.2, -0.15) is 5.26 Å². The Hall–Kier alpha value is -2.86. The van der Waals surface area contributed by atoms with Gasteiger partial charge in [0.2, 0.25) is 0 Å². The molecule has 0 heterocycles. The van der Waals surface area contributed by atoms with Crippen molar-refractivity contribution in [2.75, 3.05) is 7.11 Å². The first-order chi connectivity index (χ1) is 8.60. The third-order valence-electron chi connectivity index (χ3n) is 2.01. The molecule has 0 fully saturated rings. The average molecular weight is 244 g/mol. The Bertz CT molecular complexity index is 590. The minimum atomic E-state index is -0.708. The van der Waals surface area contributed by atoms with Gasteiger partial charge in [0.05, 0.1) is 30.1 Å². The van der Waals surface area contributed by atoms with Crippen LogP contribution in [0.1, 0.15) is 22.3 Å². The summed E-state index contributed by atoms with van der Waals surface area (Å²) in [5.74, 6) is 4.42. The first-order valence-electron chi connectivity index (χ1n) is 4.82. The van der Waals surface area contributed by atoms with E-state index in [0.29, 0.717) is 5.56 Å². The standard InChI is InChI=1S/C12H8N2O4/c1-18-12(15)11-8-10(14(16)17)6-5-9(11)4-2-3-7-13/h5-6,8H,3H2,1H3. The summed E-state index contributed by atoms with van der Waals surface area (Å²) < 4.78 is 4.52. The molecule has 0 saturated carbocycles. The normalized spacial score (nSPS) is 8.67. The van der Waals surface area contributed by atoms with E-state index in [-0.39, 0.29) is 17.7 Å². The van der Waals surface area contributed by atoms with Crippen molar-refractivity contribution in [1.82, 2.24) is 0 Å². The van der Waals surface area contributed by atoms with Crippen LogP contribution < -0.4 is 0 Å². The van der Waals surface area contributed by atoms with Crippen molar-refractivity contribution >= 4 is 11.7 Å². The van der Waals surface area contributed by atoms with E-state index in [1.807, 2.05) is 6.07 Å². The van der Waals surface area contributed by atoms with Crippen LogP contribution in [0.5, 0.6) is 0 Å². The van der Waals surface area contributed by atoms with Crippen LogP contribution in [0.3, 0.4) is 0 Å². The molecule has 6 nitrogen and oxygen atoms in total. The maximum atomic E-state index is 11.5. The number of rotatable bonds is 2. The Balaban J connectivity index is 3.27. The molecule has 0 N–H and O–H groups in total. The lowest BCUT2D eigenvalue weighted by Gasteiger charge is -2.02. The van der Waals surface area contributed by atoms with Crippen molar-refractivity contribution in [3.8, 4) is 17.9 Å². The predicted octanol–water partition coefficient (Wildman–Crippen LogP) is 1.65. The number of nitrogens with zero attached hydrogens (tertiary/aromatic N) is 2. The predicted molar refractivity (Wildman–Crippen MR) is 61.5 cm³/mol. The molecule has 0 aromatic heterocycles. The van der Waals surface area contributed by atoms with E-state index in [1.54, 1.807) is 0 Å². The lowest BCUT2D eigenvalue weighted by atomic mass is 10.1. The lowest BCUT2D eigenvalue weighted by molar-refractivity contribution is -0.384. The molecule has 0 unspecified atom stereocenters. The Morgan fingerprint density at radius 3 is 2.83 bits per heavy atom. The monoisotopic (exact) mass is 244 g/mol. The number of esters is 1. The van der Waals surface area contributed by atoms with Gasteiger partial charge in [-0.15, -0.1) is 0 Å². The van der Waals surface area contributed by atoms with Crippen molar-refractivity contribution in [1.29, 1.82) is 5.26 Å². The van der Waals surface area contributed by atoms with Crippen molar-refractivity contribution in [3.63, 3.8) is 0 Å². The lowest BCUT2D eigenvalue weighted by Crippen LogP contribution is -2.05. The van der Waals surface area contributed by atoms with Crippen LogP contribution in [0.25, 0.3) is 0 Å². The van der Waals surface area contributed by atoms with Crippen LogP contribution in [0.2, 0.25) is 0 Å². The number of methoxy groups -OCH3 is 1. The molecule has 6 heteroatoms. The number of nitriles is 1. The molecule has 1 aromatic rings. The van der Waals surface area contributed by atoms with E-state index in [9.17, 15) is 14.9 Å². The Morgan fingerprint density at radius 1 is 1.56 bits per heavy atom. The summed E-state index contributed by atoms with van der Waals surface area (Å²) in [7, 11) is 1.17. The summed E-state index contributed by atoms with van der Waals surface area (Å²) in [4.78, 5) is 21.5. The number of carbonyl (C=O) groups excluding carboxylic acids is 1. The summed E-state index contributed by atoms with van der Waals surface area (Å²) in [5, 5.41) is 19.0. The zero-order valence-corrected chi connectivity index (χ0v) is 9.47. The van der Waals surface area contributed by atoms with Crippen LogP contribution in [0, 0.1) is 33.3 Å². The summed E-state index contributed by atoms with van der Waals surface area (Å²) >= 11 is 0. The highest BCUT2D eigenvalue weighted by Crippen LogP contribution is 2.18. The highest BCUT2D eigenvalue weighted by Gasteiger charge is 2.16. The molecule has 0 atom stereocenters. The van der Waals surface area contributed by atoms with E-state index in [2.05, 4.69) is 16.6 Å². The molecule has 0 aliphatic rings. The van der Waals surface area contributed by atoms with Gasteiger partial charge in [0.1, 0.15) is 0 Å². The van der Waals surface area contributed by atoms with Crippen molar-refractivity contribution in [2.45, 2.75) is 6.42 Å². The minimum Gasteiger partial charge on any atom is -0.465 e. The first-order valence-corrected chi connectivity index (χ1v) is 4.82. The van der Waals surface area contributed by atoms with Gasteiger partial charge < -0.3 is 4.74 Å². The molecule has 90 valence electrons. The molecule has 18 heavy (non-hydrogen) atoms. The van der Waals surface area contributed by atoms with Gasteiger partial charge in [0.15, 0.2) is 0 Å². The van der Waals surface area contributed by atoms with Crippen LogP contribution in [0.4, 0.5) is 5.69 Å². The van der Waals surface area contributed by atoms with Gasteiger partial charge in [-0.3, -0.25) is 10.1 Å². The van der Waals surface area contributed by atoms with Crippen LogP contribution in [-0.2, 0) is 4.74 Å². The number of nitro groups is 1. The summed E-state index contributed by atoms with van der Waals surface area (Å²) in [6.45, 7) is 0. The molecule has 0 radical (unpaired) electrons. The van der Waals surface area contributed by atoms with Crippen molar-refractivity contribution in [2.24, 2.45) is 0 Å². The Morgan fingerprint density at radius 2 is 2.28 bits per heavy atom. The molecule has 0 bridgehead atoms. The maximum Gasteiger partial charge on any atom is 0.339 e. The Kier molecular flexibility index (Phi) is 4.42. The van der Waals surface area contributed by atoms with E-state index in [0.717, 1.165) is 6.07 Å². The highest BCUT2D eigenvalue weighted by atomic mass is 16.6. The van der Waals surface area contributed by atoms with E-state index in [4.69, 9.17) is 5.26 Å². The van der Waals surface area contributed by atoms with Gasteiger partial charge in [0.25, 0.3) is 5.69 Å². The fourth-order valence-electron chi connectivity index (χ4n) is 1.21. The summed E-state index contributed by atoms with van der Waals surface area (Å²) in [6, 6.07) is 5.53. The Labute approximate surface area is 103 Å². The van der Waals surface area contributed by atoms with E-state index < -0.39 is 10.9 Å². The second-order valence-electron chi connectivity index (χ2n) is 3.12. The van der Waals surface area contributed by atoms with Gasteiger partial charge in [0, 0.05) is 17.7 Å². The number of nitro benzene ring substituents is 1. The average Bonchev–Trinajstić information content (AvgIpc) is 2.38. The molecule has 0 spiro atoms. The number of carbonyl (C=O) groups is 1. The number of ether oxygens (including phenoxy) is 1. The SMILES string of the molecule is COC(=O)c1cc([N+](=O)[O-])ccc1C#CCC#N. The fourth-order valence-corrected chi connectivity index (χ4v) is 1.21. The maximum absolute atomic E-state index is 11.5. The molecule has 0 aliphatic heterocycles. The first kappa shape index (κ1) is 13.2. The molecule has 1 aromatic carbocycles. The third kappa shape index (κ3) is 3.06. The second kappa shape index (κ2) is 6.02. The van der Waals surface area contributed by atoms with Gasteiger partial charge in [-0.25, -0.2) is 4.79 Å². The zero-order valence-electron chi connectivity index (χ0n) is 9.47. The van der Waals surface area contributed by atoms with Crippen molar-refractivity contribution < 1.29 is 14.5 Å². The second-order valence-corrected chi connectivity index (χ2v) is 3.12. The minimum absolute atomic E-state index is 0.0112. The number of hydrogen-bond acceptors (Lipinski definition) is 5. The van der Waals surface area contributed by atoms with E-state index >= 15 is 0 Å². The number of non-ortho nitro benzene ring substituents is 1. The fraction of sp³-hybridized carbons (Fsp3) is 0.167. The number of benzene rings is 1. The number of hydrogen-bond donors (Lipinski definition) is 0. The summed E-state index contributed by atoms with van der Waals surface area (Å²) in [6.07, 6.45) is 0.0115. The molecule has 1 rings (SSSR count). The van der Waals surface area contributed by atoms with Gasteiger partial charge in [-0.1, -0.05) is 11.8 Å². The molecule has 0 amide bonds. The summed E-state index contributed by atoms with van der Waals surface area (Å²) in [5.41, 5.74) is 0.0843. The van der Waals surface area contributed by atoms with Crippen LogP contribution in [-0.4, -0.2) is 18.0 Å². The van der Waals surface area contributed by atoms with Crippen LogP contribution >= 0.6 is 0 Å². The topological polar surface area (TPSA) is 93.2 Å². The molecule has 0 saturated heterocycles.